The highest BCUT2D eigenvalue weighted by Gasteiger charge is 2.11. The van der Waals surface area contributed by atoms with Gasteiger partial charge in [-0.2, -0.15) is 0 Å². The Kier molecular flexibility index (Phi) is 5.17. The van der Waals surface area contributed by atoms with Crippen molar-refractivity contribution in [2.24, 2.45) is 0 Å². The maximum atomic E-state index is 11.5. The highest BCUT2D eigenvalue weighted by Crippen LogP contribution is 2.10. The molecule has 1 rings (SSSR count). The average Bonchev–Trinajstić information content (AvgIpc) is 2.36. The Morgan fingerprint density at radius 1 is 1.33 bits per heavy atom. The third-order valence-electron chi connectivity index (χ3n) is 2.46. The number of phenolic OH excluding ortho intramolecular Hbond substituents is 1. The molecule has 5 nitrogen and oxygen atoms in total. The second-order valence-corrected chi connectivity index (χ2v) is 4.00. The molecular weight excluding hydrogens is 234 g/mol. The number of nitrogens with one attached hydrogen (secondary N) is 1. The van der Waals surface area contributed by atoms with Gasteiger partial charge in [0.1, 0.15) is 5.75 Å². The first-order valence-electron chi connectivity index (χ1n) is 5.78. The van der Waals surface area contributed by atoms with E-state index in [9.17, 15) is 9.59 Å². The Morgan fingerprint density at radius 3 is 2.50 bits per heavy atom. The summed E-state index contributed by atoms with van der Waals surface area (Å²) in [5, 5.41) is 11.8. The number of ether oxygens (including phenoxy) is 1. The number of benzene rings is 1. The summed E-state index contributed by atoms with van der Waals surface area (Å²) in [5.74, 6) is -0.841. The minimum atomic E-state index is -0.589. The van der Waals surface area contributed by atoms with E-state index in [-0.39, 0.29) is 24.3 Å². The highest BCUT2D eigenvalue weighted by atomic mass is 16.5. The summed E-state index contributed by atoms with van der Waals surface area (Å²) in [5.41, 5.74) is 0.295. The van der Waals surface area contributed by atoms with E-state index >= 15 is 0 Å². The predicted octanol–water partition coefficient (Wildman–Crippen LogP) is 1.46. The molecule has 0 aliphatic carbocycles. The minimum Gasteiger partial charge on any atom is -0.508 e. The van der Waals surface area contributed by atoms with Crippen molar-refractivity contribution in [2.45, 2.75) is 26.3 Å². The minimum absolute atomic E-state index is 0.0601. The molecule has 0 heterocycles. The van der Waals surface area contributed by atoms with E-state index < -0.39 is 5.97 Å². The van der Waals surface area contributed by atoms with Crippen LogP contribution in [0.1, 0.15) is 30.6 Å². The first kappa shape index (κ1) is 14.0. The third kappa shape index (κ3) is 4.45. The molecule has 2 N–H and O–H groups in total. The number of carbonyl (C=O) groups is 2. The lowest BCUT2D eigenvalue weighted by atomic mass is 10.2. The van der Waals surface area contributed by atoms with Gasteiger partial charge in [0, 0.05) is 6.04 Å². The van der Waals surface area contributed by atoms with E-state index in [2.05, 4.69) is 5.32 Å². The van der Waals surface area contributed by atoms with Crippen LogP contribution < -0.4 is 5.32 Å². The van der Waals surface area contributed by atoms with Gasteiger partial charge >= 0.3 is 5.97 Å². The molecule has 1 atom stereocenters. The molecule has 5 heteroatoms. The van der Waals surface area contributed by atoms with Gasteiger partial charge in [-0.05, 0) is 37.6 Å². The van der Waals surface area contributed by atoms with Gasteiger partial charge in [0.2, 0.25) is 0 Å². The number of rotatable bonds is 5. The van der Waals surface area contributed by atoms with Crippen LogP contribution in [0.15, 0.2) is 24.3 Å². The van der Waals surface area contributed by atoms with Crippen molar-refractivity contribution in [3.63, 3.8) is 0 Å². The van der Waals surface area contributed by atoms with Gasteiger partial charge in [-0.25, -0.2) is 4.79 Å². The average molecular weight is 251 g/mol. The Balaban J connectivity index is 2.41. The molecular formula is C13H17NO4. The van der Waals surface area contributed by atoms with Gasteiger partial charge < -0.3 is 15.2 Å². The van der Waals surface area contributed by atoms with Crippen LogP contribution in [-0.2, 0) is 9.53 Å². The second-order valence-electron chi connectivity index (χ2n) is 4.00. The van der Waals surface area contributed by atoms with Gasteiger partial charge in [-0.1, -0.05) is 6.92 Å². The summed E-state index contributed by atoms with van der Waals surface area (Å²) in [6.45, 7) is 3.52. The SMILES string of the molecule is CC[C@@H](C)NC(=O)COC(=O)c1ccc(O)cc1. The zero-order valence-corrected chi connectivity index (χ0v) is 10.5. The number of amides is 1. The number of phenols is 1. The molecule has 98 valence electrons. The van der Waals surface area contributed by atoms with Crippen molar-refractivity contribution in [1.82, 2.24) is 5.32 Å². The zero-order valence-electron chi connectivity index (χ0n) is 10.5. The van der Waals surface area contributed by atoms with Crippen molar-refractivity contribution < 1.29 is 19.4 Å². The molecule has 0 unspecified atom stereocenters. The van der Waals surface area contributed by atoms with Crippen molar-refractivity contribution in [2.75, 3.05) is 6.61 Å². The third-order valence-corrected chi connectivity index (χ3v) is 2.46. The normalized spacial score (nSPS) is 11.7. The molecule has 0 aliphatic heterocycles. The van der Waals surface area contributed by atoms with Crippen LogP contribution in [0.3, 0.4) is 0 Å². The monoisotopic (exact) mass is 251 g/mol. The molecule has 18 heavy (non-hydrogen) atoms. The molecule has 0 bridgehead atoms. The molecule has 0 saturated heterocycles. The van der Waals surface area contributed by atoms with E-state index in [0.717, 1.165) is 6.42 Å². The quantitative estimate of drug-likeness (QED) is 0.777. The molecule has 0 saturated carbocycles. The Bertz CT molecular complexity index is 414. The van der Waals surface area contributed by atoms with Crippen molar-refractivity contribution in [1.29, 1.82) is 0 Å². The van der Waals surface area contributed by atoms with Crippen molar-refractivity contribution in [3.05, 3.63) is 29.8 Å². The summed E-state index contributed by atoms with van der Waals surface area (Å²) >= 11 is 0. The fourth-order valence-corrected chi connectivity index (χ4v) is 1.23. The maximum absolute atomic E-state index is 11.5. The predicted molar refractivity (Wildman–Crippen MR) is 66.3 cm³/mol. The Morgan fingerprint density at radius 2 is 1.94 bits per heavy atom. The topological polar surface area (TPSA) is 75.6 Å². The summed E-state index contributed by atoms with van der Waals surface area (Å²) < 4.78 is 4.84. The number of hydrogen-bond donors (Lipinski definition) is 2. The van der Waals surface area contributed by atoms with Gasteiger partial charge in [-0.3, -0.25) is 4.79 Å². The van der Waals surface area contributed by atoms with Crippen LogP contribution in [0.2, 0.25) is 0 Å². The fraction of sp³-hybridized carbons (Fsp3) is 0.385. The summed E-state index contributed by atoms with van der Waals surface area (Å²) in [4.78, 5) is 22.9. The second kappa shape index (κ2) is 6.64. The molecule has 0 spiro atoms. The van der Waals surface area contributed by atoms with Crippen LogP contribution in [0.4, 0.5) is 0 Å². The molecule has 0 aromatic heterocycles. The van der Waals surface area contributed by atoms with Crippen LogP contribution >= 0.6 is 0 Å². The van der Waals surface area contributed by atoms with Gasteiger partial charge in [0.25, 0.3) is 5.91 Å². The summed E-state index contributed by atoms with van der Waals surface area (Å²) in [6.07, 6.45) is 0.817. The smallest absolute Gasteiger partial charge is 0.338 e. The Labute approximate surface area is 106 Å². The van der Waals surface area contributed by atoms with Gasteiger partial charge in [0.15, 0.2) is 6.61 Å². The van der Waals surface area contributed by atoms with Crippen molar-refractivity contribution >= 4 is 11.9 Å². The number of aromatic hydroxyl groups is 1. The van der Waals surface area contributed by atoms with Gasteiger partial charge in [0.05, 0.1) is 5.56 Å². The lowest BCUT2D eigenvalue weighted by molar-refractivity contribution is -0.124. The molecule has 0 fully saturated rings. The fourth-order valence-electron chi connectivity index (χ4n) is 1.23. The summed E-state index contributed by atoms with van der Waals surface area (Å²) in [7, 11) is 0. The number of esters is 1. The molecule has 1 aromatic carbocycles. The van der Waals surface area contributed by atoms with E-state index in [0.29, 0.717) is 5.56 Å². The largest absolute Gasteiger partial charge is 0.508 e. The zero-order chi connectivity index (χ0) is 13.5. The van der Waals surface area contributed by atoms with E-state index in [1.54, 1.807) is 0 Å². The van der Waals surface area contributed by atoms with E-state index in [4.69, 9.17) is 9.84 Å². The Hall–Kier alpha value is -2.04. The van der Waals surface area contributed by atoms with Crippen LogP contribution in [-0.4, -0.2) is 29.6 Å². The molecule has 0 radical (unpaired) electrons. The van der Waals surface area contributed by atoms with Crippen LogP contribution in [0.5, 0.6) is 5.75 Å². The highest BCUT2D eigenvalue weighted by molar-refractivity contribution is 5.91. The van der Waals surface area contributed by atoms with Crippen molar-refractivity contribution in [3.8, 4) is 5.75 Å². The summed E-state index contributed by atoms with van der Waals surface area (Å²) in [6, 6.07) is 5.70. The molecule has 1 aromatic rings. The number of carbonyl (C=O) groups excluding carboxylic acids is 2. The first-order chi connectivity index (χ1) is 8.52. The standard InChI is InChI=1S/C13H17NO4/c1-3-9(2)14-12(16)8-18-13(17)10-4-6-11(15)7-5-10/h4-7,9,15H,3,8H2,1-2H3,(H,14,16)/t9-/m1/s1. The molecule has 0 aliphatic rings. The van der Waals surface area contributed by atoms with E-state index in [1.165, 1.54) is 24.3 Å². The maximum Gasteiger partial charge on any atom is 0.338 e. The van der Waals surface area contributed by atoms with Gasteiger partial charge in [-0.15, -0.1) is 0 Å². The van der Waals surface area contributed by atoms with E-state index in [1.807, 2.05) is 13.8 Å². The lowest BCUT2D eigenvalue weighted by Crippen LogP contribution is -2.35. The number of hydrogen-bond acceptors (Lipinski definition) is 4. The van der Waals surface area contributed by atoms with Crippen LogP contribution in [0, 0.1) is 0 Å². The van der Waals surface area contributed by atoms with Crippen LogP contribution in [0.25, 0.3) is 0 Å². The lowest BCUT2D eigenvalue weighted by Gasteiger charge is -2.11. The molecule has 1 amide bonds. The first-order valence-corrected chi connectivity index (χ1v) is 5.78.